The van der Waals surface area contributed by atoms with Crippen LogP contribution in [0.15, 0.2) is 65.1 Å². The van der Waals surface area contributed by atoms with Gasteiger partial charge >= 0.3 is 0 Å². The molecule has 0 aliphatic carbocycles. The SMILES string of the molecule is C(=C\c1ccc(-c2nnc(CSCCOc3ccccc3)o2)cc1)/CN1CCCCC1. The Morgan fingerprint density at radius 3 is 2.58 bits per heavy atom. The highest BCUT2D eigenvalue weighted by Gasteiger charge is 2.09. The maximum atomic E-state index is 5.83. The third-order valence-corrected chi connectivity index (χ3v) is 6.12. The van der Waals surface area contributed by atoms with Gasteiger partial charge in [0.25, 0.3) is 0 Å². The van der Waals surface area contributed by atoms with Gasteiger partial charge in [-0.3, -0.25) is 4.90 Å². The van der Waals surface area contributed by atoms with E-state index in [9.17, 15) is 0 Å². The summed E-state index contributed by atoms with van der Waals surface area (Å²) < 4.78 is 11.5. The minimum atomic E-state index is 0.569. The molecule has 162 valence electrons. The summed E-state index contributed by atoms with van der Waals surface area (Å²) in [4.78, 5) is 2.51. The maximum absolute atomic E-state index is 5.83. The third kappa shape index (κ3) is 6.97. The van der Waals surface area contributed by atoms with Crippen LogP contribution in [0.2, 0.25) is 0 Å². The standard InChI is InChI=1S/C25H29N3O2S/c1-3-9-23(10-4-1)29-18-19-31-20-24-26-27-25(30-24)22-13-11-21(12-14-22)8-7-17-28-15-5-2-6-16-28/h1,3-4,7-14H,2,5-6,15-20H2/b8-7+. The number of benzene rings is 2. The molecule has 1 saturated heterocycles. The Morgan fingerprint density at radius 2 is 1.77 bits per heavy atom. The lowest BCUT2D eigenvalue weighted by molar-refractivity contribution is 0.252. The van der Waals surface area contributed by atoms with Gasteiger partial charge in [0.15, 0.2) is 0 Å². The molecule has 0 spiro atoms. The number of ether oxygens (including phenoxy) is 1. The van der Waals surface area contributed by atoms with E-state index in [4.69, 9.17) is 9.15 Å². The molecular formula is C25H29N3O2S. The lowest BCUT2D eigenvalue weighted by atomic mass is 10.1. The summed E-state index contributed by atoms with van der Waals surface area (Å²) in [6.45, 7) is 4.13. The maximum Gasteiger partial charge on any atom is 0.247 e. The summed E-state index contributed by atoms with van der Waals surface area (Å²) in [5.41, 5.74) is 2.14. The fourth-order valence-corrected chi connectivity index (χ4v) is 4.18. The summed E-state index contributed by atoms with van der Waals surface area (Å²) >= 11 is 1.72. The fourth-order valence-electron chi connectivity index (χ4n) is 3.54. The molecule has 0 saturated carbocycles. The normalized spacial score (nSPS) is 14.8. The zero-order chi connectivity index (χ0) is 21.1. The number of hydrogen-bond acceptors (Lipinski definition) is 6. The van der Waals surface area contributed by atoms with Gasteiger partial charge in [0.2, 0.25) is 11.8 Å². The fraction of sp³-hybridized carbons (Fsp3) is 0.360. The Hall–Kier alpha value is -2.57. The predicted octanol–water partition coefficient (Wildman–Crippen LogP) is 5.55. The summed E-state index contributed by atoms with van der Waals surface area (Å²) in [6.07, 6.45) is 8.47. The van der Waals surface area contributed by atoms with E-state index in [-0.39, 0.29) is 0 Å². The Kier molecular flexibility index (Phi) is 8.19. The van der Waals surface area contributed by atoms with Gasteiger partial charge < -0.3 is 9.15 Å². The number of piperidine rings is 1. The minimum Gasteiger partial charge on any atom is -0.493 e. The van der Waals surface area contributed by atoms with Gasteiger partial charge in [-0.15, -0.1) is 22.0 Å². The molecule has 0 amide bonds. The quantitative estimate of drug-likeness (QED) is 0.389. The van der Waals surface area contributed by atoms with Crippen LogP contribution in [0.4, 0.5) is 0 Å². The first-order valence-electron chi connectivity index (χ1n) is 10.9. The van der Waals surface area contributed by atoms with E-state index in [1.54, 1.807) is 11.8 Å². The number of nitrogens with zero attached hydrogens (tertiary/aromatic N) is 3. The molecule has 6 heteroatoms. The molecule has 1 aliphatic heterocycles. The predicted molar refractivity (Wildman–Crippen MR) is 127 cm³/mol. The summed E-state index contributed by atoms with van der Waals surface area (Å²) in [5, 5.41) is 8.37. The Balaban J connectivity index is 1.20. The van der Waals surface area contributed by atoms with Crippen LogP contribution in [0.5, 0.6) is 5.75 Å². The molecule has 2 heterocycles. The van der Waals surface area contributed by atoms with Crippen molar-refractivity contribution in [2.24, 2.45) is 0 Å². The second kappa shape index (κ2) is 11.7. The van der Waals surface area contributed by atoms with Crippen LogP contribution in [0.3, 0.4) is 0 Å². The molecule has 31 heavy (non-hydrogen) atoms. The highest BCUT2D eigenvalue weighted by Crippen LogP contribution is 2.21. The van der Waals surface area contributed by atoms with Crippen LogP contribution >= 0.6 is 11.8 Å². The summed E-state index contributed by atoms with van der Waals surface area (Å²) in [6, 6.07) is 18.1. The number of rotatable bonds is 10. The van der Waals surface area contributed by atoms with Crippen molar-refractivity contribution in [3.05, 3.63) is 72.1 Å². The van der Waals surface area contributed by atoms with Gasteiger partial charge in [-0.25, -0.2) is 0 Å². The van der Waals surface area contributed by atoms with Crippen molar-refractivity contribution in [3.63, 3.8) is 0 Å². The van der Waals surface area contributed by atoms with E-state index < -0.39 is 0 Å². The van der Waals surface area contributed by atoms with E-state index in [0.29, 0.717) is 24.1 Å². The van der Waals surface area contributed by atoms with Crippen molar-refractivity contribution in [1.82, 2.24) is 15.1 Å². The number of aromatic nitrogens is 2. The molecule has 1 aliphatic rings. The Labute approximate surface area is 188 Å². The first-order chi connectivity index (χ1) is 15.4. The molecule has 5 nitrogen and oxygen atoms in total. The van der Waals surface area contributed by atoms with Crippen molar-refractivity contribution >= 4 is 17.8 Å². The Morgan fingerprint density at radius 1 is 0.968 bits per heavy atom. The van der Waals surface area contributed by atoms with E-state index in [1.807, 2.05) is 42.5 Å². The van der Waals surface area contributed by atoms with Gasteiger partial charge in [-0.05, 0) is 55.8 Å². The molecule has 1 fully saturated rings. The summed E-state index contributed by atoms with van der Waals surface area (Å²) in [7, 11) is 0. The lowest BCUT2D eigenvalue weighted by Gasteiger charge is -2.24. The second-order valence-corrected chi connectivity index (χ2v) is 8.71. The molecule has 4 rings (SSSR count). The monoisotopic (exact) mass is 435 g/mol. The van der Waals surface area contributed by atoms with Crippen molar-refractivity contribution in [3.8, 4) is 17.2 Å². The van der Waals surface area contributed by atoms with E-state index in [2.05, 4.69) is 39.4 Å². The molecule has 0 radical (unpaired) electrons. The first kappa shape index (κ1) is 21.7. The van der Waals surface area contributed by atoms with Crippen molar-refractivity contribution in [1.29, 1.82) is 0 Å². The second-order valence-electron chi connectivity index (χ2n) is 7.60. The van der Waals surface area contributed by atoms with Gasteiger partial charge in [0.1, 0.15) is 5.75 Å². The minimum absolute atomic E-state index is 0.569. The zero-order valence-corrected chi connectivity index (χ0v) is 18.6. The van der Waals surface area contributed by atoms with Crippen LogP contribution in [0.25, 0.3) is 17.5 Å². The molecule has 0 N–H and O–H groups in total. The Bertz CT molecular complexity index is 935. The number of para-hydroxylation sites is 1. The van der Waals surface area contributed by atoms with Gasteiger partial charge in [0, 0.05) is 17.9 Å². The van der Waals surface area contributed by atoms with Crippen molar-refractivity contribution < 1.29 is 9.15 Å². The topological polar surface area (TPSA) is 51.4 Å². The number of thioether (sulfide) groups is 1. The van der Waals surface area contributed by atoms with E-state index in [1.165, 1.54) is 37.9 Å². The van der Waals surface area contributed by atoms with Crippen LogP contribution in [-0.4, -0.2) is 47.1 Å². The van der Waals surface area contributed by atoms with Gasteiger partial charge in [-0.1, -0.05) is 48.9 Å². The molecule has 0 atom stereocenters. The van der Waals surface area contributed by atoms with Crippen molar-refractivity contribution in [2.75, 3.05) is 32.0 Å². The summed E-state index contributed by atoms with van der Waals surface area (Å²) in [5.74, 6) is 3.66. The smallest absolute Gasteiger partial charge is 0.247 e. The molecule has 3 aromatic rings. The van der Waals surface area contributed by atoms with E-state index >= 15 is 0 Å². The third-order valence-electron chi connectivity index (χ3n) is 5.21. The molecular weight excluding hydrogens is 406 g/mol. The van der Waals surface area contributed by atoms with Crippen molar-refractivity contribution in [2.45, 2.75) is 25.0 Å². The van der Waals surface area contributed by atoms with Crippen LogP contribution in [0, 0.1) is 0 Å². The number of likely N-dealkylation sites (tertiary alicyclic amines) is 1. The molecule has 0 unspecified atom stereocenters. The largest absolute Gasteiger partial charge is 0.493 e. The van der Waals surface area contributed by atoms with Crippen LogP contribution in [0.1, 0.15) is 30.7 Å². The highest BCUT2D eigenvalue weighted by molar-refractivity contribution is 7.98. The lowest BCUT2D eigenvalue weighted by Crippen LogP contribution is -2.29. The van der Waals surface area contributed by atoms with Gasteiger partial charge in [-0.2, -0.15) is 0 Å². The van der Waals surface area contributed by atoms with Crippen LogP contribution < -0.4 is 4.74 Å². The average Bonchev–Trinajstić information content (AvgIpc) is 3.30. The number of hydrogen-bond donors (Lipinski definition) is 0. The molecule has 1 aromatic heterocycles. The van der Waals surface area contributed by atoms with Crippen LogP contribution in [-0.2, 0) is 5.75 Å². The highest BCUT2D eigenvalue weighted by atomic mass is 32.2. The average molecular weight is 436 g/mol. The molecule has 2 aromatic carbocycles. The first-order valence-corrected chi connectivity index (χ1v) is 12.1. The van der Waals surface area contributed by atoms with E-state index in [0.717, 1.165) is 23.6 Å². The molecule has 0 bridgehead atoms. The van der Waals surface area contributed by atoms with Gasteiger partial charge in [0.05, 0.1) is 12.4 Å². The zero-order valence-electron chi connectivity index (χ0n) is 17.8.